The Kier molecular flexibility index (Phi) is 2.80. The lowest BCUT2D eigenvalue weighted by Gasteiger charge is -2.17. The molecule has 1 aliphatic rings. The number of nitrogens with one attached hydrogen (secondary N) is 1. The van der Waals surface area contributed by atoms with Crippen LogP contribution in [0.3, 0.4) is 0 Å². The van der Waals surface area contributed by atoms with E-state index in [9.17, 15) is 10.2 Å². The Bertz CT molecular complexity index is 376. The largest absolute Gasteiger partial charge is 0.389 e. The molecule has 2 heterocycles. The molecule has 2 rings (SSSR count). The fourth-order valence-corrected chi connectivity index (χ4v) is 1.70. The van der Waals surface area contributed by atoms with Gasteiger partial charge in [0.25, 0.3) is 0 Å². The molecule has 16 heavy (non-hydrogen) atoms. The Morgan fingerprint density at radius 3 is 2.56 bits per heavy atom. The summed E-state index contributed by atoms with van der Waals surface area (Å²) in [5, 5.41) is 21.8. The summed E-state index contributed by atoms with van der Waals surface area (Å²) in [6, 6.07) is 1.72. The number of hydrogen-bond donors (Lipinski definition) is 4. The zero-order valence-electron chi connectivity index (χ0n) is 8.96. The second-order valence-electron chi connectivity index (χ2n) is 3.76. The Labute approximate surface area is 92.9 Å². The summed E-state index contributed by atoms with van der Waals surface area (Å²) >= 11 is 0. The van der Waals surface area contributed by atoms with Crippen molar-refractivity contribution in [3.63, 3.8) is 0 Å². The summed E-state index contributed by atoms with van der Waals surface area (Å²) in [6.45, 7) is 0.696. The molecule has 1 aromatic rings. The number of nitrogens with two attached hydrogens (primary N) is 1. The molecule has 0 saturated carbocycles. The maximum Gasteiger partial charge on any atom is 0.223 e. The maximum atomic E-state index is 9.44. The highest BCUT2D eigenvalue weighted by Gasteiger charge is 2.30. The third-order valence-electron chi connectivity index (χ3n) is 2.57. The number of rotatable bonds is 2. The first kappa shape index (κ1) is 10.9. The van der Waals surface area contributed by atoms with Gasteiger partial charge in [-0.2, -0.15) is 9.97 Å². The molecule has 1 fully saturated rings. The fraction of sp³-hybridized carbons (Fsp3) is 0.556. The predicted molar refractivity (Wildman–Crippen MR) is 60.2 cm³/mol. The van der Waals surface area contributed by atoms with Crippen molar-refractivity contribution < 1.29 is 10.2 Å². The zero-order valence-corrected chi connectivity index (χ0v) is 8.96. The van der Waals surface area contributed by atoms with Gasteiger partial charge in [-0.1, -0.05) is 0 Å². The summed E-state index contributed by atoms with van der Waals surface area (Å²) in [7, 11) is 1.74. The topological polar surface area (TPSA) is 108 Å². The van der Waals surface area contributed by atoms with E-state index in [1.165, 1.54) is 0 Å². The number of anilines is 3. The molecule has 0 aliphatic carbocycles. The molecule has 5 N–H and O–H groups in total. The lowest BCUT2D eigenvalue weighted by molar-refractivity contribution is 0.0572. The smallest absolute Gasteiger partial charge is 0.223 e. The van der Waals surface area contributed by atoms with Gasteiger partial charge in [-0.3, -0.25) is 0 Å². The molecule has 7 heteroatoms. The van der Waals surface area contributed by atoms with Crippen LogP contribution in [-0.2, 0) is 0 Å². The van der Waals surface area contributed by atoms with E-state index in [0.717, 1.165) is 0 Å². The van der Waals surface area contributed by atoms with E-state index in [-0.39, 0.29) is 5.95 Å². The van der Waals surface area contributed by atoms with E-state index in [1.807, 2.05) is 0 Å². The normalized spacial score (nSPS) is 24.8. The first-order chi connectivity index (χ1) is 7.60. The minimum atomic E-state index is -0.741. The number of aliphatic hydroxyl groups is 2. The third kappa shape index (κ3) is 2.00. The Balaban J connectivity index is 2.24. The third-order valence-corrected chi connectivity index (χ3v) is 2.57. The fourth-order valence-electron chi connectivity index (χ4n) is 1.70. The van der Waals surface area contributed by atoms with E-state index in [4.69, 9.17) is 5.73 Å². The molecule has 7 nitrogen and oxygen atoms in total. The lowest BCUT2D eigenvalue weighted by Crippen LogP contribution is -2.23. The van der Waals surface area contributed by atoms with Crippen LogP contribution < -0.4 is 16.0 Å². The average Bonchev–Trinajstić information content (AvgIpc) is 2.58. The molecule has 0 amide bonds. The van der Waals surface area contributed by atoms with Crippen molar-refractivity contribution in [3.8, 4) is 0 Å². The lowest BCUT2D eigenvalue weighted by atomic mass is 10.3. The van der Waals surface area contributed by atoms with Crippen LogP contribution in [0.2, 0.25) is 0 Å². The molecule has 0 spiro atoms. The minimum absolute atomic E-state index is 0.165. The van der Waals surface area contributed by atoms with Gasteiger partial charge in [0.05, 0.1) is 12.2 Å². The number of β-amino-alcohol motifs (C(OH)–C–C–N with tert-alkyl or cyclic N) is 2. The molecule has 1 aromatic heterocycles. The van der Waals surface area contributed by atoms with Crippen LogP contribution in [0.15, 0.2) is 6.07 Å². The molecular weight excluding hydrogens is 210 g/mol. The monoisotopic (exact) mass is 225 g/mol. The first-order valence-corrected chi connectivity index (χ1v) is 5.03. The minimum Gasteiger partial charge on any atom is -0.389 e. The van der Waals surface area contributed by atoms with Gasteiger partial charge >= 0.3 is 0 Å². The number of nitrogen functional groups attached to an aromatic ring is 1. The van der Waals surface area contributed by atoms with Crippen LogP contribution in [0.25, 0.3) is 0 Å². The molecule has 88 valence electrons. The summed E-state index contributed by atoms with van der Waals surface area (Å²) in [5.74, 6) is 1.38. The molecule has 1 aliphatic heterocycles. The second kappa shape index (κ2) is 4.11. The Morgan fingerprint density at radius 1 is 1.38 bits per heavy atom. The van der Waals surface area contributed by atoms with Gasteiger partial charge in [0.1, 0.15) is 11.6 Å². The molecule has 0 radical (unpaired) electrons. The zero-order chi connectivity index (χ0) is 11.7. The molecular formula is C9H15N5O2. The van der Waals surface area contributed by atoms with E-state index < -0.39 is 12.2 Å². The standard InChI is InChI=1S/C9H15N5O2/c1-11-7-2-8(13-9(10)12-7)14-3-5(15)6(16)4-14/h2,5-6,15-16H,3-4H2,1H3,(H3,10,11,12,13). The van der Waals surface area contributed by atoms with Gasteiger partial charge in [0.15, 0.2) is 0 Å². The van der Waals surface area contributed by atoms with Gasteiger partial charge in [-0.25, -0.2) is 0 Å². The molecule has 2 unspecified atom stereocenters. The molecule has 1 saturated heterocycles. The van der Waals surface area contributed by atoms with E-state index in [0.29, 0.717) is 24.7 Å². The van der Waals surface area contributed by atoms with Gasteiger partial charge in [0.2, 0.25) is 5.95 Å². The maximum absolute atomic E-state index is 9.44. The molecule has 0 bridgehead atoms. The van der Waals surface area contributed by atoms with Crippen molar-refractivity contribution in [2.45, 2.75) is 12.2 Å². The number of hydrogen-bond acceptors (Lipinski definition) is 7. The summed E-state index contributed by atoms with van der Waals surface area (Å²) in [4.78, 5) is 9.80. The van der Waals surface area contributed by atoms with E-state index >= 15 is 0 Å². The quantitative estimate of drug-likeness (QED) is 0.492. The highest BCUT2D eigenvalue weighted by Crippen LogP contribution is 2.21. The first-order valence-electron chi connectivity index (χ1n) is 5.03. The van der Waals surface area contributed by atoms with E-state index in [2.05, 4.69) is 15.3 Å². The van der Waals surface area contributed by atoms with Crippen LogP contribution in [0.1, 0.15) is 0 Å². The van der Waals surface area contributed by atoms with Crippen LogP contribution in [-0.4, -0.2) is 52.5 Å². The SMILES string of the molecule is CNc1cc(N2CC(O)C(O)C2)nc(N)n1. The molecule has 2 atom stereocenters. The summed E-state index contributed by atoms with van der Waals surface area (Å²) in [6.07, 6.45) is -1.48. The summed E-state index contributed by atoms with van der Waals surface area (Å²) < 4.78 is 0. The number of aliphatic hydroxyl groups excluding tert-OH is 2. The summed E-state index contributed by atoms with van der Waals surface area (Å²) in [5.41, 5.74) is 5.56. The number of aromatic nitrogens is 2. The van der Waals surface area contributed by atoms with Crippen LogP contribution >= 0.6 is 0 Å². The van der Waals surface area contributed by atoms with Crippen molar-refractivity contribution in [2.24, 2.45) is 0 Å². The van der Waals surface area contributed by atoms with Crippen molar-refractivity contribution in [1.29, 1.82) is 0 Å². The highest BCUT2D eigenvalue weighted by atomic mass is 16.3. The molecule has 0 aromatic carbocycles. The van der Waals surface area contributed by atoms with Crippen molar-refractivity contribution in [1.82, 2.24) is 9.97 Å². The van der Waals surface area contributed by atoms with Crippen molar-refractivity contribution in [2.75, 3.05) is 36.1 Å². The second-order valence-corrected chi connectivity index (χ2v) is 3.76. The Hall–Kier alpha value is -1.60. The van der Waals surface area contributed by atoms with Crippen molar-refractivity contribution >= 4 is 17.6 Å². The predicted octanol–water partition coefficient (Wildman–Crippen LogP) is -1.36. The van der Waals surface area contributed by atoms with E-state index in [1.54, 1.807) is 18.0 Å². The van der Waals surface area contributed by atoms with Crippen LogP contribution in [0.4, 0.5) is 17.6 Å². The van der Waals surface area contributed by atoms with Gasteiger partial charge in [-0.15, -0.1) is 0 Å². The van der Waals surface area contributed by atoms with Crippen molar-refractivity contribution in [3.05, 3.63) is 6.07 Å². The van der Waals surface area contributed by atoms with Gasteiger partial charge in [0, 0.05) is 26.2 Å². The van der Waals surface area contributed by atoms with Gasteiger partial charge in [-0.05, 0) is 0 Å². The van der Waals surface area contributed by atoms with Crippen LogP contribution in [0.5, 0.6) is 0 Å². The van der Waals surface area contributed by atoms with Crippen LogP contribution in [0, 0.1) is 0 Å². The highest BCUT2D eigenvalue weighted by molar-refractivity contribution is 5.53. The van der Waals surface area contributed by atoms with Gasteiger partial charge < -0.3 is 26.2 Å². The Morgan fingerprint density at radius 2 is 2.00 bits per heavy atom. The number of nitrogens with zero attached hydrogens (tertiary/aromatic N) is 3. The average molecular weight is 225 g/mol.